The Morgan fingerprint density at radius 3 is 0.955 bits per heavy atom. The molecule has 1 rings (SSSR count). The molecule has 0 heterocycles. The zero-order valence-corrected chi connectivity index (χ0v) is 15.5. The molecule has 120 valence electrons. The molecule has 1 aliphatic carbocycles. The minimum Gasteiger partial charge on any atom is -0.403 e. The summed E-state index contributed by atoms with van der Waals surface area (Å²) in [6.07, 6.45) is 4.37. The lowest BCUT2D eigenvalue weighted by Crippen LogP contribution is -2.42. The largest absolute Gasteiger partial charge is 0.403 e. The van der Waals surface area contributed by atoms with E-state index in [9.17, 15) is 0 Å². The zero-order valence-electron chi connectivity index (χ0n) is 13.5. The predicted octanol–water partition coefficient (Wildman–Crippen LogP) is 4.57. The molecule has 22 heavy (non-hydrogen) atoms. The van der Waals surface area contributed by atoms with Gasteiger partial charge in [-0.3, -0.25) is 0 Å². The van der Waals surface area contributed by atoms with Crippen LogP contribution >= 0.6 is 0 Å². The third-order valence-corrected chi connectivity index (χ3v) is 9.59. The van der Waals surface area contributed by atoms with Crippen LogP contribution in [0.15, 0.2) is 73.7 Å². The van der Waals surface area contributed by atoms with Gasteiger partial charge in [-0.25, -0.2) is 0 Å². The van der Waals surface area contributed by atoms with E-state index in [-0.39, 0.29) is 12.2 Å². The van der Waals surface area contributed by atoms with Crippen LogP contribution in [0, 0.1) is 0 Å². The maximum absolute atomic E-state index is 6.26. The van der Waals surface area contributed by atoms with Crippen LogP contribution in [0.3, 0.4) is 0 Å². The fraction of sp³-hybridized carbons (Fsp3) is 0.333. The normalized spacial score (nSPS) is 22.4. The lowest BCUT2D eigenvalue weighted by atomic mass is 9.95. The second kappa shape index (κ2) is 8.43. The van der Waals surface area contributed by atoms with Crippen LogP contribution in [0.25, 0.3) is 0 Å². The fourth-order valence-electron chi connectivity index (χ4n) is 2.63. The molecule has 0 saturated heterocycles. The summed E-state index contributed by atoms with van der Waals surface area (Å²) in [7, 11) is -4.37. The quantitative estimate of drug-likeness (QED) is 0.545. The Kier molecular flexibility index (Phi) is 7.22. The molecule has 0 unspecified atom stereocenters. The Morgan fingerprint density at radius 1 is 0.545 bits per heavy atom. The van der Waals surface area contributed by atoms with Crippen LogP contribution in [0.4, 0.5) is 0 Å². The number of rotatable bonds is 10. The van der Waals surface area contributed by atoms with E-state index in [1.54, 1.807) is 0 Å². The van der Waals surface area contributed by atoms with Crippen molar-refractivity contribution in [3.8, 4) is 0 Å². The van der Waals surface area contributed by atoms with Crippen molar-refractivity contribution < 1.29 is 8.85 Å². The van der Waals surface area contributed by atoms with Gasteiger partial charge in [-0.15, -0.1) is 39.5 Å². The third-order valence-electron chi connectivity index (χ3n) is 4.28. The van der Waals surface area contributed by atoms with Crippen LogP contribution in [-0.2, 0) is 8.85 Å². The summed E-state index contributed by atoms with van der Waals surface area (Å²) in [5, 5.41) is 0. The molecule has 0 amide bonds. The van der Waals surface area contributed by atoms with Crippen molar-refractivity contribution >= 4 is 16.6 Å². The maximum Gasteiger partial charge on any atom is 0.265 e. The predicted molar refractivity (Wildman–Crippen MR) is 101 cm³/mol. The van der Waals surface area contributed by atoms with Gasteiger partial charge in [0.1, 0.15) is 0 Å². The van der Waals surface area contributed by atoms with E-state index in [0.717, 1.165) is 25.7 Å². The smallest absolute Gasteiger partial charge is 0.265 e. The van der Waals surface area contributed by atoms with Crippen molar-refractivity contribution in [1.82, 2.24) is 0 Å². The van der Waals surface area contributed by atoms with Crippen molar-refractivity contribution in [1.29, 1.82) is 0 Å². The SMILES string of the molecule is C=C[Si](C=C)(C=C)OC1CCC(O[Si](C=C)(C=C)C=C)CC1. The molecule has 2 nitrogen and oxygen atoms in total. The highest BCUT2D eigenvalue weighted by Gasteiger charge is 2.34. The monoisotopic (exact) mass is 332 g/mol. The van der Waals surface area contributed by atoms with E-state index in [1.807, 2.05) is 34.2 Å². The average molecular weight is 333 g/mol. The van der Waals surface area contributed by atoms with Crippen molar-refractivity contribution in [2.45, 2.75) is 37.9 Å². The summed E-state index contributed by atoms with van der Waals surface area (Å²) in [5.41, 5.74) is 11.3. The van der Waals surface area contributed by atoms with Gasteiger partial charge in [0.25, 0.3) is 16.6 Å². The van der Waals surface area contributed by atoms with Gasteiger partial charge in [-0.1, -0.05) is 34.2 Å². The third kappa shape index (κ3) is 4.40. The van der Waals surface area contributed by atoms with Crippen molar-refractivity contribution in [3.05, 3.63) is 73.7 Å². The Bertz CT molecular complexity index is 362. The van der Waals surface area contributed by atoms with Crippen molar-refractivity contribution in [2.75, 3.05) is 0 Å². The van der Waals surface area contributed by atoms with Crippen molar-refractivity contribution in [2.24, 2.45) is 0 Å². The van der Waals surface area contributed by atoms with E-state index in [4.69, 9.17) is 8.85 Å². The molecular weight excluding hydrogens is 304 g/mol. The van der Waals surface area contributed by atoms with Gasteiger partial charge >= 0.3 is 0 Å². The van der Waals surface area contributed by atoms with E-state index in [0.29, 0.717) is 0 Å². The molecule has 0 aliphatic heterocycles. The summed E-state index contributed by atoms with van der Waals surface area (Å²) in [5.74, 6) is 0. The van der Waals surface area contributed by atoms with E-state index >= 15 is 0 Å². The topological polar surface area (TPSA) is 18.5 Å². The van der Waals surface area contributed by atoms with Crippen LogP contribution in [-0.4, -0.2) is 28.8 Å². The first kappa shape index (κ1) is 18.8. The molecule has 1 saturated carbocycles. The van der Waals surface area contributed by atoms with Gasteiger partial charge in [0, 0.05) is 12.2 Å². The number of hydrogen-bond donors (Lipinski definition) is 0. The molecule has 0 aromatic heterocycles. The maximum atomic E-state index is 6.26. The lowest BCUT2D eigenvalue weighted by molar-refractivity contribution is 0.0776. The summed E-state index contributed by atoms with van der Waals surface area (Å²) in [6.45, 7) is 23.3. The zero-order chi connectivity index (χ0) is 16.6. The van der Waals surface area contributed by atoms with Crippen LogP contribution in [0.1, 0.15) is 25.7 Å². The molecule has 0 spiro atoms. The van der Waals surface area contributed by atoms with Crippen LogP contribution < -0.4 is 0 Å². The Labute approximate surface area is 137 Å². The van der Waals surface area contributed by atoms with Crippen LogP contribution in [0.2, 0.25) is 0 Å². The first-order valence-corrected chi connectivity index (χ1v) is 12.0. The van der Waals surface area contributed by atoms with Gasteiger partial charge in [0.05, 0.1) is 0 Å². The van der Waals surface area contributed by atoms with E-state index < -0.39 is 16.6 Å². The average Bonchev–Trinajstić information content (AvgIpc) is 2.59. The molecule has 0 aromatic rings. The van der Waals surface area contributed by atoms with Gasteiger partial charge in [-0.05, 0) is 25.7 Å². The minimum atomic E-state index is -2.18. The molecule has 0 bridgehead atoms. The van der Waals surface area contributed by atoms with E-state index in [2.05, 4.69) is 39.5 Å². The molecular formula is C18H28O2Si2. The summed E-state index contributed by atoms with van der Waals surface area (Å²) in [4.78, 5) is 0. The first-order valence-electron chi connectivity index (χ1n) is 7.69. The van der Waals surface area contributed by atoms with Crippen LogP contribution in [0.5, 0.6) is 0 Å². The molecule has 0 aromatic carbocycles. The van der Waals surface area contributed by atoms with Gasteiger partial charge in [0.15, 0.2) is 0 Å². The Morgan fingerprint density at radius 2 is 0.773 bits per heavy atom. The van der Waals surface area contributed by atoms with Crippen molar-refractivity contribution in [3.63, 3.8) is 0 Å². The highest BCUT2D eigenvalue weighted by atomic mass is 28.4. The number of hydrogen-bond acceptors (Lipinski definition) is 2. The molecule has 0 radical (unpaired) electrons. The molecule has 4 heteroatoms. The second-order valence-electron chi connectivity index (χ2n) is 5.57. The summed E-state index contributed by atoms with van der Waals surface area (Å²) in [6, 6.07) is 0. The van der Waals surface area contributed by atoms with Gasteiger partial charge < -0.3 is 8.85 Å². The summed E-state index contributed by atoms with van der Waals surface area (Å²) < 4.78 is 12.5. The lowest BCUT2D eigenvalue weighted by Gasteiger charge is -2.36. The van der Waals surface area contributed by atoms with Gasteiger partial charge in [-0.2, -0.15) is 0 Å². The van der Waals surface area contributed by atoms with Gasteiger partial charge in [0.2, 0.25) is 0 Å². The molecule has 0 atom stereocenters. The Balaban J connectivity index is 2.60. The van der Waals surface area contributed by atoms with E-state index in [1.165, 1.54) is 0 Å². The highest BCUT2D eigenvalue weighted by molar-refractivity contribution is 6.88. The first-order chi connectivity index (χ1) is 10.5. The highest BCUT2D eigenvalue weighted by Crippen LogP contribution is 2.29. The molecule has 1 fully saturated rings. The minimum absolute atomic E-state index is 0.229. The second-order valence-corrected chi connectivity index (χ2v) is 11.9. The summed E-state index contributed by atoms with van der Waals surface area (Å²) >= 11 is 0. The Hall–Kier alpha value is -1.21. The standard InChI is InChI=1S/C18H28O2Si2/c1-7-21(8-2,9-3)19-17-13-15-18(16-14-17)20-22(10-4,11-5)12-6/h7-12,17-18H,1-6,13-16H2. The molecule has 1 aliphatic rings. The molecule has 0 N–H and O–H groups in total. The fourth-order valence-corrected chi connectivity index (χ4v) is 5.84.